The fourth-order valence-corrected chi connectivity index (χ4v) is 2.14. The van der Waals surface area contributed by atoms with Gasteiger partial charge in [0, 0.05) is 16.8 Å². The van der Waals surface area contributed by atoms with Gasteiger partial charge in [-0.15, -0.1) is 12.4 Å². The Morgan fingerprint density at radius 2 is 1.87 bits per heavy atom. The molecule has 0 aliphatic heterocycles. The highest BCUT2D eigenvalue weighted by Crippen LogP contribution is 2.24. The van der Waals surface area contributed by atoms with Crippen LogP contribution < -0.4 is 5.32 Å². The molecule has 2 aromatic heterocycles. The Morgan fingerprint density at radius 1 is 1.13 bits per heavy atom. The standard InChI is InChI=1S/C17H13ClN2O2.ClH/c1-11-8-9-19-16(10-11)20-17(21)15-7-6-14(22-15)12-2-4-13(18)5-3-12;/h2-10H,1H3,(H,19,20,21);1H. The van der Waals surface area contributed by atoms with E-state index in [1.807, 2.05) is 25.1 Å². The number of rotatable bonds is 3. The van der Waals surface area contributed by atoms with Crippen LogP contribution in [0.4, 0.5) is 5.82 Å². The van der Waals surface area contributed by atoms with Gasteiger partial charge in [-0.3, -0.25) is 4.79 Å². The monoisotopic (exact) mass is 348 g/mol. The molecule has 1 amide bonds. The zero-order valence-corrected chi connectivity index (χ0v) is 13.8. The van der Waals surface area contributed by atoms with Gasteiger partial charge in [0.15, 0.2) is 5.76 Å². The third-order valence-corrected chi connectivity index (χ3v) is 3.37. The molecule has 0 aliphatic carbocycles. The number of furan rings is 1. The number of nitrogens with one attached hydrogen (secondary N) is 1. The van der Waals surface area contributed by atoms with Crippen molar-refractivity contribution >= 4 is 35.7 Å². The Balaban J connectivity index is 0.00000192. The Labute approximate surface area is 144 Å². The number of amides is 1. The van der Waals surface area contributed by atoms with E-state index in [4.69, 9.17) is 16.0 Å². The highest BCUT2D eigenvalue weighted by molar-refractivity contribution is 6.30. The Morgan fingerprint density at radius 3 is 2.57 bits per heavy atom. The minimum absolute atomic E-state index is 0. The molecule has 0 atom stereocenters. The van der Waals surface area contributed by atoms with Crippen molar-refractivity contribution in [3.63, 3.8) is 0 Å². The van der Waals surface area contributed by atoms with Gasteiger partial charge in [0.05, 0.1) is 0 Å². The van der Waals surface area contributed by atoms with Crippen molar-refractivity contribution < 1.29 is 9.21 Å². The Kier molecular flexibility index (Phi) is 5.42. The third-order valence-electron chi connectivity index (χ3n) is 3.12. The molecule has 0 radical (unpaired) electrons. The number of hydrogen-bond acceptors (Lipinski definition) is 3. The first-order chi connectivity index (χ1) is 10.6. The van der Waals surface area contributed by atoms with Gasteiger partial charge in [0.1, 0.15) is 11.6 Å². The molecule has 0 spiro atoms. The van der Waals surface area contributed by atoms with E-state index in [-0.39, 0.29) is 24.1 Å². The summed E-state index contributed by atoms with van der Waals surface area (Å²) in [4.78, 5) is 16.2. The first-order valence-electron chi connectivity index (χ1n) is 6.71. The molecule has 1 aromatic carbocycles. The summed E-state index contributed by atoms with van der Waals surface area (Å²) in [7, 11) is 0. The topological polar surface area (TPSA) is 55.1 Å². The number of aromatic nitrogens is 1. The van der Waals surface area contributed by atoms with Gasteiger partial charge < -0.3 is 9.73 Å². The molecule has 0 saturated heterocycles. The maximum atomic E-state index is 12.2. The van der Waals surface area contributed by atoms with Crippen LogP contribution >= 0.6 is 24.0 Å². The molecule has 2 heterocycles. The summed E-state index contributed by atoms with van der Waals surface area (Å²) in [5.41, 5.74) is 1.88. The maximum Gasteiger partial charge on any atom is 0.292 e. The zero-order chi connectivity index (χ0) is 15.5. The highest BCUT2D eigenvalue weighted by Gasteiger charge is 2.13. The first kappa shape index (κ1) is 17.1. The normalized spacial score (nSPS) is 10.0. The molecule has 0 saturated carbocycles. The summed E-state index contributed by atoms with van der Waals surface area (Å²) in [6.45, 7) is 1.93. The number of pyridine rings is 1. The van der Waals surface area contributed by atoms with Crippen LogP contribution in [0, 0.1) is 6.92 Å². The second-order valence-electron chi connectivity index (χ2n) is 4.84. The number of anilines is 1. The molecule has 0 unspecified atom stereocenters. The lowest BCUT2D eigenvalue weighted by molar-refractivity contribution is 0.0997. The van der Waals surface area contributed by atoms with Crippen LogP contribution in [-0.4, -0.2) is 10.9 Å². The lowest BCUT2D eigenvalue weighted by atomic mass is 10.2. The van der Waals surface area contributed by atoms with E-state index < -0.39 is 0 Å². The molecular weight excluding hydrogens is 335 g/mol. The number of carbonyl (C=O) groups excluding carboxylic acids is 1. The predicted octanol–water partition coefficient (Wildman–Crippen LogP) is 4.98. The van der Waals surface area contributed by atoms with Crippen molar-refractivity contribution in [1.29, 1.82) is 0 Å². The summed E-state index contributed by atoms with van der Waals surface area (Å²) in [5, 5.41) is 3.36. The van der Waals surface area contributed by atoms with Crippen LogP contribution in [0.2, 0.25) is 5.02 Å². The average molecular weight is 349 g/mol. The van der Waals surface area contributed by atoms with Crippen molar-refractivity contribution in [2.75, 3.05) is 5.32 Å². The fourth-order valence-electron chi connectivity index (χ4n) is 2.01. The van der Waals surface area contributed by atoms with Gasteiger partial charge >= 0.3 is 0 Å². The molecule has 1 N–H and O–H groups in total. The van der Waals surface area contributed by atoms with E-state index in [0.717, 1.165) is 11.1 Å². The second-order valence-corrected chi connectivity index (χ2v) is 5.28. The van der Waals surface area contributed by atoms with Gasteiger partial charge in [-0.05, 0) is 61.0 Å². The summed E-state index contributed by atoms with van der Waals surface area (Å²) < 4.78 is 5.59. The van der Waals surface area contributed by atoms with E-state index in [2.05, 4.69) is 10.3 Å². The maximum absolute atomic E-state index is 12.2. The second kappa shape index (κ2) is 7.31. The molecule has 0 fully saturated rings. The van der Waals surface area contributed by atoms with Gasteiger partial charge in [-0.1, -0.05) is 11.6 Å². The van der Waals surface area contributed by atoms with Crippen LogP contribution in [-0.2, 0) is 0 Å². The fraction of sp³-hybridized carbons (Fsp3) is 0.0588. The third kappa shape index (κ3) is 4.12. The first-order valence-corrected chi connectivity index (χ1v) is 7.09. The minimum atomic E-state index is -0.335. The average Bonchev–Trinajstić information content (AvgIpc) is 2.98. The Bertz CT molecular complexity index is 813. The minimum Gasteiger partial charge on any atom is -0.451 e. The molecule has 118 valence electrons. The molecule has 0 bridgehead atoms. The largest absolute Gasteiger partial charge is 0.451 e. The van der Waals surface area contributed by atoms with Gasteiger partial charge in [0.2, 0.25) is 0 Å². The number of halogens is 2. The molecule has 0 aliphatic rings. The van der Waals surface area contributed by atoms with Crippen molar-refractivity contribution in [3.05, 3.63) is 71.1 Å². The van der Waals surface area contributed by atoms with Gasteiger partial charge in [-0.2, -0.15) is 0 Å². The van der Waals surface area contributed by atoms with Crippen LogP contribution in [0.1, 0.15) is 16.1 Å². The smallest absolute Gasteiger partial charge is 0.292 e. The number of nitrogens with zero attached hydrogens (tertiary/aromatic N) is 1. The summed E-state index contributed by atoms with van der Waals surface area (Å²) in [6.07, 6.45) is 1.65. The lowest BCUT2D eigenvalue weighted by Crippen LogP contribution is -2.11. The summed E-state index contributed by atoms with van der Waals surface area (Å²) in [6, 6.07) is 14.3. The Hall–Kier alpha value is -2.30. The SMILES string of the molecule is Cc1ccnc(NC(=O)c2ccc(-c3ccc(Cl)cc3)o2)c1.Cl. The van der Waals surface area contributed by atoms with E-state index in [1.54, 1.807) is 36.5 Å². The van der Waals surface area contributed by atoms with Crippen LogP contribution in [0.15, 0.2) is 59.1 Å². The van der Waals surface area contributed by atoms with E-state index >= 15 is 0 Å². The number of hydrogen-bond donors (Lipinski definition) is 1. The predicted molar refractivity (Wildman–Crippen MR) is 93.3 cm³/mol. The van der Waals surface area contributed by atoms with Crippen molar-refractivity contribution in [1.82, 2.24) is 4.98 Å². The van der Waals surface area contributed by atoms with E-state index in [1.165, 1.54) is 0 Å². The van der Waals surface area contributed by atoms with Crippen LogP contribution in [0.25, 0.3) is 11.3 Å². The van der Waals surface area contributed by atoms with Crippen molar-refractivity contribution in [3.8, 4) is 11.3 Å². The zero-order valence-electron chi connectivity index (χ0n) is 12.2. The molecule has 23 heavy (non-hydrogen) atoms. The highest BCUT2D eigenvalue weighted by atomic mass is 35.5. The lowest BCUT2D eigenvalue weighted by Gasteiger charge is -2.03. The molecule has 6 heteroatoms. The van der Waals surface area contributed by atoms with Crippen LogP contribution in [0.3, 0.4) is 0 Å². The number of aryl methyl sites for hydroxylation is 1. The molecule has 4 nitrogen and oxygen atoms in total. The quantitative estimate of drug-likeness (QED) is 0.726. The van der Waals surface area contributed by atoms with Crippen molar-refractivity contribution in [2.45, 2.75) is 6.92 Å². The molecule has 3 rings (SSSR count). The molecular formula is C17H14Cl2N2O2. The number of carbonyl (C=O) groups is 1. The number of benzene rings is 1. The van der Waals surface area contributed by atoms with Gasteiger partial charge in [-0.25, -0.2) is 4.98 Å². The van der Waals surface area contributed by atoms with E-state index in [9.17, 15) is 4.79 Å². The van der Waals surface area contributed by atoms with Crippen molar-refractivity contribution in [2.24, 2.45) is 0 Å². The van der Waals surface area contributed by atoms with E-state index in [0.29, 0.717) is 16.6 Å². The summed E-state index contributed by atoms with van der Waals surface area (Å²) >= 11 is 5.86. The van der Waals surface area contributed by atoms with Crippen LogP contribution in [0.5, 0.6) is 0 Å². The van der Waals surface area contributed by atoms with Gasteiger partial charge in [0.25, 0.3) is 5.91 Å². The molecule has 3 aromatic rings. The summed E-state index contributed by atoms with van der Waals surface area (Å²) in [5.74, 6) is 1.00.